The van der Waals surface area contributed by atoms with E-state index in [0.29, 0.717) is 36.6 Å². The molecule has 0 aliphatic carbocycles. The van der Waals surface area contributed by atoms with Crippen LogP contribution in [0.15, 0.2) is 59.1 Å². The Balaban J connectivity index is 0.000000195. The molecule has 12 nitrogen and oxygen atoms in total. The summed E-state index contributed by atoms with van der Waals surface area (Å²) < 4.78 is 16.1. The standard InChI is InChI=1S/C19H17N5O4.C10H11NO2/c25-18-17(22-19(26)23-18)15-9-13-14(28-15)3-2-12(21-13)11-1-4-16(20-10-11)24-5-7-27-8-6-24;1-11-6-7-3-4-8(13-2)5-9(7)10(11)12/h1-4,9-10,17H,5-8H2,(H2,22,23,25,26);3-5H,6H2,1-2H3. The van der Waals surface area contributed by atoms with Crippen LogP contribution in [0.1, 0.15) is 27.7 Å². The number of methoxy groups -OCH3 is 1. The van der Waals surface area contributed by atoms with E-state index >= 15 is 0 Å². The molecular formula is C29H28N6O6. The zero-order valence-electron chi connectivity index (χ0n) is 22.5. The van der Waals surface area contributed by atoms with E-state index in [1.807, 2.05) is 30.3 Å². The van der Waals surface area contributed by atoms with E-state index < -0.39 is 18.0 Å². The van der Waals surface area contributed by atoms with Crippen LogP contribution in [0.2, 0.25) is 0 Å². The predicted molar refractivity (Wildman–Crippen MR) is 148 cm³/mol. The number of pyridine rings is 2. The minimum Gasteiger partial charge on any atom is -0.497 e. The zero-order valence-corrected chi connectivity index (χ0v) is 22.5. The Morgan fingerprint density at radius 3 is 2.56 bits per heavy atom. The second-order valence-corrected chi connectivity index (χ2v) is 9.81. The molecule has 0 bridgehead atoms. The van der Waals surface area contributed by atoms with Gasteiger partial charge in [-0.3, -0.25) is 14.9 Å². The molecule has 6 heterocycles. The Morgan fingerprint density at radius 1 is 1.02 bits per heavy atom. The topological polar surface area (TPSA) is 139 Å². The lowest BCUT2D eigenvalue weighted by atomic mass is 10.1. The average Bonchev–Trinajstić information content (AvgIpc) is 3.67. The number of nitrogens with one attached hydrogen (secondary N) is 2. The summed E-state index contributed by atoms with van der Waals surface area (Å²) in [6.45, 7) is 3.80. The molecule has 0 spiro atoms. The monoisotopic (exact) mass is 556 g/mol. The number of hydrogen-bond acceptors (Lipinski definition) is 9. The number of urea groups is 1. The number of fused-ring (bicyclic) bond motifs is 2. The van der Waals surface area contributed by atoms with Gasteiger partial charge in [0.05, 0.1) is 26.0 Å². The smallest absolute Gasteiger partial charge is 0.322 e. The van der Waals surface area contributed by atoms with Gasteiger partial charge in [0.25, 0.3) is 11.8 Å². The number of morpholine rings is 1. The van der Waals surface area contributed by atoms with Crippen LogP contribution in [0, 0.1) is 0 Å². The van der Waals surface area contributed by atoms with E-state index in [9.17, 15) is 14.4 Å². The van der Waals surface area contributed by atoms with Crippen molar-refractivity contribution in [3.63, 3.8) is 0 Å². The first kappa shape index (κ1) is 26.3. The number of ether oxygens (including phenoxy) is 2. The highest BCUT2D eigenvalue weighted by Gasteiger charge is 2.33. The molecule has 41 heavy (non-hydrogen) atoms. The maximum atomic E-state index is 11.8. The van der Waals surface area contributed by atoms with Crippen LogP contribution >= 0.6 is 0 Å². The van der Waals surface area contributed by atoms with Crippen molar-refractivity contribution in [1.82, 2.24) is 25.5 Å². The van der Waals surface area contributed by atoms with Gasteiger partial charge in [-0.25, -0.2) is 14.8 Å². The Kier molecular flexibility index (Phi) is 6.98. The highest BCUT2D eigenvalue weighted by molar-refractivity contribution is 6.04. The number of amides is 4. The van der Waals surface area contributed by atoms with Gasteiger partial charge in [0.1, 0.15) is 22.8 Å². The van der Waals surface area contributed by atoms with Gasteiger partial charge in [0.2, 0.25) is 0 Å². The lowest BCUT2D eigenvalue weighted by molar-refractivity contribution is -0.120. The molecular weight excluding hydrogens is 528 g/mol. The van der Waals surface area contributed by atoms with Crippen LogP contribution in [0.5, 0.6) is 5.75 Å². The van der Waals surface area contributed by atoms with Crippen LogP contribution in [0.3, 0.4) is 0 Å². The average molecular weight is 557 g/mol. The van der Waals surface area contributed by atoms with Crippen LogP contribution in [-0.4, -0.2) is 73.2 Å². The summed E-state index contributed by atoms with van der Waals surface area (Å²) in [5.74, 6) is 1.65. The Bertz CT molecular complexity index is 1630. The number of imide groups is 1. The van der Waals surface area contributed by atoms with Gasteiger partial charge in [-0.2, -0.15) is 0 Å². The summed E-state index contributed by atoms with van der Waals surface area (Å²) >= 11 is 0. The third-order valence-corrected chi connectivity index (χ3v) is 7.13. The molecule has 4 aromatic rings. The molecule has 2 N–H and O–H groups in total. The van der Waals surface area contributed by atoms with Gasteiger partial charge in [0.15, 0.2) is 11.6 Å². The SMILES string of the molecule is COc1ccc2c(c1)C(=O)N(C)C2.O=C1NC(=O)C(c2cc3nc(-c4ccc(N5CCOCC5)nc4)ccc3o2)N1. The summed E-state index contributed by atoms with van der Waals surface area (Å²) in [5, 5.41) is 4.71. The Morgan fingerprint density at radius 2 is 1.85 bits per heavy atom. The van der Waals surface area contributed by atoms with Crippen LogP contribution < -0.4 is 20.3 Å². The van der Waals surface area contributed by atoms with Crippen molar-refractivity contribution in [3.8, 4) is 17.0 Å². The molecule has 4 amide bonds. The van der Waals surface area contributed by atoms with E-state index in [1.54, 1.807) is 43.5 Å². The van der Waals surface area contributed by atoms with Crippen LogP contribution in [0.4, 0.5) is 10.6 Å². The van der Waals surface area contributed by atoms with Crippen molar-refractivity contribution >= 4 is 34.8 Å². The molecule has 2 saturated heterocycles. The summed E-state index contributed by atoms with van der Waals surface area (Å²) in [5.41, 5.74) is 4.63. The maximum Gasteiger partial charge on any atom is 0.322 e. The van der Waals surface area contributed by atoms with E-state index in [1.165, 1.54) is 0 Å². The number of carbonyl (C=O) groups is 3. The van der Waals surface area contributed by atoms with Crippen molar-refractivity contribution in [2.24, 2.45) is 0 Å². The number of furan rings is 1. The molecule has 1 unspecified atom stereocenters. The van der Waals surface area contributed by atoms with E-state index in [-0.39, 0.29) is 5.91 Å². The molecule has 0 saturated carbocycles. The van der Waals surface area contributed by atoms with Gasteiger partial charge in [-0.15, -0.1) is 0 Å². The number of benzene rings is 1. The third kappa shape index (κ3) is 5.29. The van der Waals surface area contributed by atoms with Gasteiger partial charge < -0.3 is 29.0 Å². The van der Waals surface area contributed by atoms with Gasteiger partial charge in [0, 0.05) is 50.1 Å². The number of nitrogens with zero attached hydrogens (tertiary/aromatic N) is 4. The van der Waals surface area contributed by atoms with Crippen molar-refractivity contribution in [1.29, 1.82) is 0 Å². The summed E-state index contributed by atoms with van der Waals surface area (Å²) in [6, 6.07) is 13.5. The van der Waals surface area contributed by atoms with Gasteiger partial charge in [-0.1, -0.05) is 6.07 Å². The maximum absolute atomic E-state index is 11.8. The predicted octanol–water partition coefficient (Wildman–Crippen LogP) is 2.89. The molecule has 2 fully saturated rings. The van der Waals surface area contributed by atoms with Gasteiger partial charge in [-0.05, 0) is 42.0 Å². The summed E-state index contributed by atoms with van der Waals surface area (Å²) in [7, 11) is 3.40. The molecule has 7 rings (SSSR count). The number of carbonyl (C=O) groups excluding carboxylic acids is 3. The largest absolute Gasteiger partial charge is 0.497 e. The molecule has 3 aliphatic heterocycles. The first-order valence-corrected chi connectivity index (χ1v) is 13.1. The summed E-state index contributed by atoms with van der Waals surface area (Å²) in [6.07, 6.45) is 1.80. The molecule has 12 heteroatoms. The molecule has 0 radical (unpaired) electrons. The molecule has 3 aliphatic rings. The second kappa shape index (κ2) is 10.9. The third-order valence-electron chi connectivity index (χ3n) is 7.13. The number of aromatic nitrogens is 2. The fourth-order valence-electron chi connectivity index (χ4n) is 4.93. The number of rotatable bonds is 4. The van der Waals surface area contributed by atoms with E-state index in [2.05, 4.69) is 25.5 Å². The van der Waals surface area contributed by atoms with Crippen LogP contribution in [-0.2, 0) is 16.1 Å². The minimum absolute atomic E-state index is 0.0777. The minimum atomic E-state index is -0.834. The molecule has 210 valence electrons. The number of hydrogen-bond donors (Lipinski definition) is 2. The first-order chi connectivity index (χ1) is 19.9. The summed E-state index contributed by atoms with van der Waals surface area (Å²) in [4.78, 5) is 47.7. The van der Waals surface area contributed by atoms with Crippen LogP contribution in [0.25, 0.3) is 22.4 Å². The van der Waals surface area contributed by atoms with Crippen molar-refractivity contribution in [2.75, 3.05) is 45.4 Å². The normalized spacial score (nSPS) is 18.1. The number of anilines is 1. The molecule has 3 aromatic heterocycles. The fourth-order valence-corrected chi connectivity index (χ4v) is 4.93. The fraction of sp³-hybridized carbons (Fsp3) is 0.276. The lowest BCUT2D eigenvalue weighted by Gasteiger charge is -2.27. The highest BCUT2D eigenvalue weighted by Crippen LogP contribution is 2.28. The Labute approximate surface area is 235 Å². The molecule has 1 aromatic carbocycles. The van der Waals surface area contributed by atoms with Crippen molar-refractivity contribution in [2.45, 2.75) is 12.6 Å². The Hall–Kier alpha value is -4.97. The highest BCUT2D eigenvalue weighted by atomic mass is 16.5. The quantitative estimate of drug-likeness (QED) is 0.363. The van der Waals surface area contributed by atoms with Gasteiger partial charge >= 0.3 is 6.03 Å². The lowest BCUT2D eigenvalue weighted by Crippen LogP contribution is -2.36. The molecule has 1 atom stereocenters. The zero-order chi connectivity index (χ0) is 28.5. The van der Waals surface area contributed by atoms with Crippen molar-refractivity contribution in [3.05, 3.63) is 71.6 Å². The first-order valence-electron chi connectivity index (χ1n) is 13.1. The second-order valence-electron chi connectivity index (χ2n) is 9.81. The van der Waals surface area contributed by atoms with E-state index in [0.717, 1.165) is 47.0 Å². The van der Waals surface area contributed by atoms with Crippen molar-refractivity contribution < 1.29 is 28.3 Å². The van der Waals surface area contributed by atoms with E-state index in [4.69, 9.17) is 13.9 Å².